The van der Waals surface area contributed by atoms with Gasteiger partial charge in [0.15, 0.2) is 0 Å². The van der Waals surface area contributed by atoms with E-state index in [9.17, 15) is 14.4 Å². The highest BCUT2D eigenvalue weighted by Gasteiger charge is 2.29. The van der Waals surface area contributed by atoms with Crippen LogP contribution in [-0.2, 0) is 16.0 Å². The second kappa shape index (κ2) is 15.1. The van der Waals surface area contributed by atoms with Crippen molar-refractivity contribution in [1.29, 1.82) is 0 Å². The number of rotatable bonds is 11. The number of nitrogens with two attached hydrogens (primary N) is 1. The number of hydrogen-bond donors (Lipinski definition) is 6. The van der Waals surface area contributed by atoms with E-state index < -0.39 is 6.04 Å². The van der Waals surface area contributed by atoms with Gasteiger partial charge in [-0.1, -0.05) is 36.4 Å². The van der Waals surface area contributed by atoms with Crippen LogP contribution in [0.4, 0.5) is 5.69 Å². The Morgan fingerprint density at radius 2 is 1.53 bits per heavy atom. The van der Waals surface area contributed by atoms with Crippen LogP contribution in [0.25, 0.3) is 22.5 Å². The Labute approximate surface area is 273 Å². The molecular weight excluding hydrogens is 594 g/mol. The maximum atomic E-state index is 13.6. The predicted octanol–water partition coefficient (Wildman–Crippen LogP) is 3.06. The molecular formula is C35H41N9O3. The van der Waals surface area contributed by atoms with Crippen LogP contribution in [0.5, 0.6) is 0 Å². The van der Waals surface area contributed by atoms with Crippen LogP contribution in [0, 0.1) is 11.8 Å². The van der Waals surface area contributed by atoms with E-state index >= 15 is 0 Å². The number of nitrogens with zero attached hydrogens (tertiary/aromatic N) is 3. The number of aromatic amines is 1. The third-order valence-corrected chi connectivity index (χ3v) is 9.21. The molecule has 2 fully saturated rings. The van der Waals surface area contributed by atoms with Gasteiger partial charge in [-0.05, 0) is 109 Å². The van der Waals surface area contributed by atoms with Gasteiger partial charge in [-0.25, -0.2) is 0 Å². The van der Waals surface area contributed by atoms with Gasteiger partial charge in [0.05, 0.1) is 0 Å². The van der Waals surface area contributed by atoms with Gasteiger partial charge in [0.1, 0.15) is 6.04 Å². The monoisotopic (exact) mass is 635 g/mol. The average Bonchev–Trinajstić information content (AvgIpc) is 3.84. The number of nitrogens with one attached hydrogen (secondary N) is 5. The van der Waals surface area contributed by atoms with Crippen molar-refractivity contribution >= 4 is 23.4 Å². The van der Waals surface area contributed by atoms with Crippen molar-refractivity contribution in [3.8, 4) is 22.5 Å². The summed E-state index contributed by atoms with van der Waals surface area (Å²) in [7, 11) is 0. The number of amides is 3. The lowest BCUT2D eigenvalue weighted by Gasteiger charge is -2.28. The molecule has 0 spiro atoms. The summed E-state index contributed by atoms with van der Waals surface area (Å²) in [5.74, 6) is 0.312. The fourth-order valence-electron chi connectivity index (χ4n) is 6.30. The highest BCUT2D eigenvalue weighted by molar-refractivity contribution is 5.98. The van der Waals surface area contributed by atoms with Gasteiger partial charge in [0.25, 0.3) is 5.91 Å². The quantitative estimate of drug-likeness (QED) is 0.146. The second-order valence-electron chi connectivity index (χ2n) is 12.5. The van der Waals surface area contributed by atoms with E-state index in [1.54, 1.807) is 24.3 Å². The number of anilines is 1. The van der Waals surface area contributed by atoms with Crippen molar-refractivity contribution in [2.45, 2.75) is 50.6 Å². The molecule has 1 aliphatic heterocycles. The van der Waals surface area contributed by atoms with Gasteiger partial charge in [-0.2, -0.15) is 5.21 Å². The lowest BCUT2D eigenvalue weighted by molar-refractivity contribution is -0.130. The average molecular weight is 636 g/mol. The molecule has 2 aliphatic rings. The summed E-state index contributed by atoms with van der Waals surface area (Å²) in [5.41, 5.74) is 10.7. The number of H-pyrrole nitrogens is 1. The van der Waals surface area contributed by atoms with Crippen LogP contribution < -0.4 is 27.0 Å². The number of benzene rings is 3. The Morgan fingerprint density at radius 3 is 2.15 bits per heavy atom. The minimum atomic E-state index is -0.773. The summed E-state index contributed by atoms with van der Waals surface area (Å²) in [6.45, 7) is 2.36. The van der Waals surface area contributed by atoms with Crippen molar-refractivity contribution < 1.29 is 14.4 Å². The van der Waals surface area contributed by atoms with Gasteiger partial charge < -0.3 is 27.0 Å². The normalized spacial score (nSPS) is 19.9. The predicted molar refractivity (Wildman–Crippen MR) is 179 cm³/mol. The molecule has 7 N–H and O–H groups in total. The van der Waals surface area contributed by atoms with E-state index in [1.165, 1.54) is 0 Å². The summed E-state index contributed by atoms with van der Waals surface area (Å²) >= 11 is 0. The molecule has 2 unspecified atom stereocenters. The maximum absolute atomic E-state index is 13.6. The first-order valence-electron chi connectivity index (χ1n) is 16.3. The minimum Gasteiger partial charge on any atom is -0.348 e. The largest absolute Gasteiger partial charge is 0.348 e. The number of hydrogen-bond acceptors (Lipinski definition) is 8. The third kappa shape index (κ3) is 8.27. The number of carbonyl (C=O) groups is 3. The lowest BCUT2D eigenvalue weighted by atomic mass is 9.81. The van der Waals surface area contributed by atoms with E-state index in [0.717, 1.165) is 67.4 Å². The molecule has 0 radical (unpaired) electrons. The maximum Gasteiger partial charge on any atom is 0.251 e. The van der Waals surface area contributed by atoms with Gasteiger partial charge in [-0.3, -0.25) is 14.4 Å². The van der Waals surface area contributed by atoms with Gasteiger partial charge >= 0.3 is 0 Å². The third-order valence-electron chi connectivity index (χ3n) is 9.21. The second-order valence-corrected chi connectivity index (χ2v) is 12.5. The van der Waals surface area contributed by atoms with Crippen LogP contribution in [0.3, 0.4) is 0 Å². The zero-order chi connectivity index (χ0) is 32.6. The molecule has 0 bridgehead atoms. The van der Waals surface area contributed by atoms with Crippen LogP contribution in [0.1, 0.15) is 48.0 Å². The fourth-order valence-corrected chi connectivity index (χ4v) is 6.30. The Hall–Kier alpha value is -4.94. The smallest absolute Gasteiger partial charge is 0.251 e. The molecule has 12 heteroatoms. The van der Waals surface area contributed by atoms with Crippen molar-refractivity contribution in [1.82, 2.24) is 36.6 Å². The zero-order valence-corrected chi connectivity index (χ0v) is 26.2. The molecule has 244 valence electrons. The topological polar surface area (TPSA) is 180 Å². The van der Waals surface area contributed by atoms with Gasteiger partial charge in [-0.15, -0.1) is 10.2 Å². The van der Waals surface area contributed by atoms with Gasteiger partial charge in [0.2, 0.25) is 17.6 Å². The van der Waals surface area contributed by atoms with Crippen LogP contribution in [0.2, 0.25) is 0 Å². The molecule has 2 atom stereocenters. The molecule has 47 heavy (non-hydrogen) atoms. The Kier molecular flexibility index (Phi) is 10.3. The Bertz CT molecular complexity index is 1630. The lowest BCUT2D eigenvalue weighted by Crippen LogP contribution is -2.48. The van der Waals surface area contributed by atoms with Gasteiger partial charge in [0, 0.05) is 41.7 Å². The standard InChI is InChI=1S/C35H41N9O3/c36-20-23-3-7-27(8-4-23)34(46)40-31(35(47)38-29-15-13-26(14-16-29)32-41-43-44-42-32)19-22-1-5-24(6-2-22)25-9-11-28(12-10-25)33(45)39-30-17-18-37-21-30/h1-2,5-6,9-16,23,27,30-31,37H,3-4,7-8,17-21,36H2,(H,38,47)(H,39,45)(H,40,46)(H,41,42,43,44). The van der Waals surface area contributed by atoms with E-state index in [2.05, 4.69) is 41.9 Å². The molecule has 1 saturated carbocycles. The minimum absolute atomic E-state index is 0.0673. The number of tetrazole rings is 1. The number of carbonyl (C=O) groups excluding carboxylic acids is 3. The summed E-state index contributed by atoms with van der Waals surface area (Å²) < 4.78 is 0. The molecule has 4 aromatic rings. The van der Waals surface area contributed by atoms with E-state index in [0.29, 0.717) is 36.0 Å². The SMILES string of the molecule is NCC1CCC(C(=O)NC(Cc2ccc(-c3ccc(C(=O)NC4CCNC4)cc3)cc2)C(=O)Nc2ccc(-c3nn[nH]n3)cc2)CC1. The molecule has 12 nitrogen and oxygen atoms in total. The molecule has 1 saturated heterocycles. The first kappa shape index (κ1) is 32.0. The fraction of sp³-hybridized carbons (Fsp3) is 0.371. The van der Waals surface area contributed by atoms with Crippen molar-refractivity contribution in [3.63, 3.8) is 0 Å². The molecule has 3 aromatic carbocycles. The van der Waals surface area contributed by atoms with Crippen molar-refractivity contribution in [2.75, 3.05) is 25.0 Å². The first-order chi connectivity index (χ1) is 22.9. The summed E-state index contributed by atoms with van der Waals surface area (Å²) in [6.07, 6.45) is 4.64. The van der Waals surface area contributed by atoms with E-state index in [-0.39, 0.29) is 29.7 Å². The Morgan fingerprint density at radius 1 is 0.851 bits per heavy atom. The Balaban J connectivity index is 1.12. The summed E-state index contributed by atoms with van der Waals surface area (Å²) in [5, 5.41) is 26.3. The molecule has 6 rings (SSSR count). The summed E-state index contributed by atoms with van der Waals surface area (Å²) in [4.78, 5) is 39.6. The summed E-state index contributed by atoms with van der Waals surface area (Å²) in [6, 6.07) is 22.0. The zero-order valence-electron chi connectivity index (χ0n) is 26.2. The van der Waals surface area contributed by atoms with Crippen LogP contribution in [0.15, 0.2) is 72.8 Å². The van der Waals surface area contributed by atoms with E-state index in [4.69, 9.17) is 5.73 Å². The van der Waals surface area contributed by atoms with Crippen molar-refractivity contribution in [2.24, 2.45) is 17.6 Å². The molecule has 1 aromatic heterocycles. The van der Waals surface area contributed by atoms with Crippen LogP contribution >= 0.6 is 0 Å². The molecule has 1 aliphatic carbocycles. The van der Waals surface area contributed by atoms with Crippen LogP contribution in [-0.4, -0.2) is 70.1 Å². The number of aromatic nitrogens is 4. The molecule has 3 amide bonds. The highest BCUT2D eigenvalue weighted by Crippen LogP contribution is 2.28. The first-order valence-corrected chi connectivity index (χ1v) is 16.3. The van der Waals surface area contributed by atoms with E-state index in [1.807, 2.05) is 48.5 Å². The highest BCUT2D eigenvalue weighted by atomic mass is 16.2. The van der Waals surface area contributed by atoms with Crippen molar-refractivity contribution in [3.05, 3.63) is 83.9 Å². The molecule has 2 heterocycles.